The highest BCUT2D eigenvalue weighted by atomic mass is 32.2. The third-order valence-electron chi connectivity index (χ3n) is 5.60. The van der Waals surface area contributed by atoms with Crippen molar-refractivity contribution in [2.24, 2.45) is 11.7 Å². The normalized spacial score (nSPS) is 19.8. The van der Waals surface area contributed by atoms with Crippen molar-refractivity contribution in [1.29, 1.82) is 0 Å². The maximum atomic E-state index is 13.7. The number of nitrogens with two attached hydrogens (primary N) is 1. The van der Waals surface area contributed by atoms with Gasteiger partial charge in [-0.05, 0) is 13.0 Å². The summed E-state index contributed by atoms with van der Waals surface area (Å²) in [5.41, 5.74) is 8.40. The molecular formula is C19H24FN7O3S. The van der Waals surface area contributed by atoms with Crippen LogP contribution in [0.3, 0.4) is 0 Å². The van der Waals surface area contributed by atoms with Gasteiger partial charge < -0.3 is 11.1 Å². The minimum absolute atomic E-state index is 0.0722. The second-order valence-corrected chi connectivity index (χ2v) is 9.67. The number of carbonyl (C=O) groups is 1. The molecule has 3 aromatic rings. The summed E-state index contributed by atoms with van der Waals surface area (Å²) in [5.74, 6) is -1.24. The molecule has 0 radical (unpaired) electrons. The van der Waals surface area contributed by atoms with E-state index in [0.717, 1.165) is 23.9 Å². The van der Waals surface area contributed by atoms with Crippen LogP contribution < -0.4 is 11.1 Å². The van der Waals surface area contributed by atoms with Gasteiger partial charge in [-0.1, -0.05) is 0 Å². The molecule has 0 bridgehead atoms. The van der Waals surface area contributed by atoms with E-state index >= 15 is 0 Å². The summed E-state index contributed by atoms with van der Waals surface area (Å²) in [6.07, 6.45) is 7.88. The van der Waals surface area contributed by atoms with Crippen molar-refractivity contribution < 1.29 is 17.6 Å². The Bertz CT molecular complexity index is 1240. The highest BCUT2D eigenvalue weighted by Crippen LogP contribution is 2.31. The van der Waals surface area contributed by atoms with Crippen LogP contribution in [0.2, 0.25) is 0 Å². The number of hydrogen-bond acceptors (Lipinski definition) is 6. The first kappa shape index (κ1) is 21.2. The molecule has 4 heterocycles. The van der Waals surface area contributed by atoms with E-state index in [1.807, 2.05) is 19.2 Å². The molecule has 0 aromatic carbocycles. The first-order valence-corrected chi connectivity index (χ1v) is 11.7. The van der Waals surface area contributed by atoms with Gasteiger partial charge in [0.15, 0.2) is 0 Å². The molecule has 31 heavy (non-hydrogen) atoms. The number of rotatable bonds is 7. The Balaban J connectivity index is 1.76. The van der Waals surface area contributed by atoms with Crippen LogP contribution in [-0.4, -0.2) is 70.1 Å². The summed E-state index contributed by atoms with van der Waals surface area (Å²) < 4.78 is 42.2. The standard InChI is InChI=1S/C19H24FN7O3S/c1-3-25-8-14(6-22-25)12-4-17-18(15(19(21)28)7-23-27(17)10-12)24-16-11-26(31(2,29)30)9-13(16)5-20/h4,6-8,10,13,16,24H,3,5,9,11H2,1-2H3,(H2,21,28)/t13-,16+/m0/s1. The minimum atomic E-state index is -3.46. The summed E-state index contributed by atoms with van der Waals surface area (Å²) in [6.45, 7) is 2.19. The summed E-state index contributed by atoms with van der Waals surface area (Å²) in [7, 11) is -3.46. The van der Waals surface area contributed by atoms with Crippen molar-refractivity contribution in [2.75, 3.05) is 31.3 Å². The van der Waals surface area contributed by atoms with Gasteiger partial charge in [0, 0.05) is 55.1 Å². The lowest BCUT2D eigenvalue weighted by Gasteiger charge is -2.21. The van der Waals surface area contributed by atoms with Gasteiger partial charge in [0.05, 0.1) is 42.1 Å². The van der Waals surface area contributed by atoms with Crippen molar-refractivity contribution in [2.45, 2.75) is 19.5 Å². The number of fused-ring (bicyclic) bond motifs is 1. The highest BCUT2D eigenvalue weighted by Gasteiger charge is 2.37. The minimum Gasteiger partial charge on any atom is -0.378 e. The average Bonchev–Trinajstić information content (AvgIpc) is 3.44. The Kier molecular flexibility index (Phi) is 5.43. The number of amides is 1. The van der Waals surface area contributed by atoms with E-state index in [-0.39, 0.29) is 18.7 Å². The third-order valence-corrected chi connectivity index (χ3v) is 6.83. The number of alkyl halides is 1. The van der Waals surface area contributed by atoms with Gasteiger partial charge in [-0.3, -0.25) is 13.9 Å². The molecule has 1 aliphatic heterocycles. The summed E-state index contributed by atoms with van der Waals surface area (Å²) in [6, 6.07) is 1.32. The molecule has 3 aromatic heterocycles. The number of sulfonamides is 1. The molecule has 1 saturated heterocycles. The number of halogens is 1. The highest BCUT2D eigenvalue weighted by molar-refractivity contribution is 7.88. The molecule has 0 saturated carbocycles. The van der Waals surface area contributed by atoms with Crippen LogP contribution in [-0.2, 0) is 16.6 Å². The van der Waals surface area contributed by atoms with Gasteiger partial charge in [-0.25, -0.2) is 12.9 Å². The summed E-state index contributed by atoms with van der Waals surface area (Å²) >= 11 is 0. The van der Waals surface area contributed by atoms with Crippen LogP contribution in [0.15, 0.2) is 30.9 Å². The van der Waals surface area contributed by atoms with Gasteiger partial charge in [0.25, 0.3) is 5.91 Å². The topological polar surface area (TPSA) is 128 Å². The number of aryl methyl sites for hydroxylation is 1. The number of primary amides is 1. The predicted octanol–water partition coefficient (Wildman–Crippen LogP) is 0.958. The molecule has 0 spiro atoms. The van der Waals surface area contributed by atoms with Gasteiger partial charge in [0.1, 0.15) is 0 Å². The van der Waals surface area contributed by atoms with E-state index in [9.17, 15) is 17.6 Å². The number of nitrogens with one attached hydrogen (secondary N) is 1. The second-order valence-electron chi connectivity index (χ2n) is 7.69. The third kappa shape index (κ3) is 4.00. The zero-order chi connectivity index (χ0) is 22.3. The Hall–Kier alpha value is -2.99. The Labute approximate surface area is 178 Å². The Morgan fingerprint density at radius 1 is 1.26 bits per heavy atom. The van der Waals surface area contributed by atoms with Crippen LogP contribution >= 0.6 is 0 Å². The van der Waals surface area contributed by atoms with E-state index in [1.165, 1.54) is 10.5 Å². The van der Waals surface area contributed by atoms with Gasteiger partial charge in [-0.15, -0.1) is 0 Å². The maximum Gasteiger partial charge on any atom is 0.252 e. The molecule has 2 atom stereocenters. The van der Waals surface area contributed by atoms with E-state index < -0.39 is 34.6 Å². The predicted molar refractivity (Wildman–Crippen MR) is 114 cm³/mol. The Morgan fingerprint density at radius 2 is 2.03 bits per heavy atom. The second kappa shape index (κ2) is 7.93. The lowest BCUT2D eigenvalue weighted by atomic mass is 10.0. The molecule has 3 N–H and O–H groups in total. The lowest BCUT2D eigenvalue weighted by Crippen LogP contribution is -2.32. The number of aromatic nitrogens is 4. The fourth-order valence-corrected chi connectivity index (χ4v) is 4.74. The lowest BCUT2D eigenvalue weighted by molar-refractivity contribution is 0.100. The average molecular weight is 450 g/mol. The van der Waals surface area contributed by atoms with Crippen molar-refractivity contribution >= 4 is 27.1 Å². The molecule has 0 aliphatic carbocycles. The molecule has 1 fully saturated rings. The van der Waals surface area contributed by atoms with Crippen LogP contribution in [0.5, 0.6) is 0 Å². The smallest absolute Gasteiger partial charge is 0.252 e. The molecule has 12 heteroatoms. The largest absolute Gasteiger partial charge is 0.378 e. The summed E-state index contributed by atoms with van der Waals surface area (Å²) in [5, 5.41) is 11.7. The van der Waals surface area contributed by atoms with E-state index in [0.29, 0.717) is 11.2 Å². The zero-order valence-corrected chi connectivity index (χ0v) is 18.0. The molecule has 0 unspecified atom stereocenters. The summed E-state index contributed by atoms with van der Waals surface area (Å²) in [4.78, 5) is 12.1. The van der Waals surface area contributed by atoms with Gasteiger partial charge in [-0.2, -0.15) is 14.5 Å². The monoisotopic (exact) mass is 449 g/mol. The Morgan fingerprint density at radius 3 is 2.65 bits per heavy atom. The SMILES string of the molecule is CCn1cc(-c2cc3c(N[C@@H]4CN(S(C)(=O)=O)C[C@@H]4CF)c(C(N)=O)cnn3c2)cn1. The van der Waals surface area contributed by atoms with Crippen molar-refractivity contribution in [3.63, 3.8) is 0 Å². The van der Waals surface area contributed by atoms with Crippen LogP contribution in [0.1, 0.15) is 17.3 Å². The zero-order valence-electron chi connectivity index (χ0n) is 17.2. The number of anilines is 1. The van der Waals surface area contributed by atoms with E-state index in [2.05, 4.69) is 15.5 Å². The van der Waals surface area contributed by atoms with E-state index in [4.69, 9.17) is 5.73 Å². The molecule has 166 valence electrons. The fraction of sp³-hybridized carbons (Fsp3) is 0.421. The van der Waals surface area contributed by atoms with Gasteiger partial charge >= 0.3 is 0 Å². The number of carbonyl (C=O) groups excluding carboxylic acids is 1. The molecule has 1 aliphatic rings. The first-order valence-electron chi connectivity index (χ1n) is 9.83. The molecule has 10 nitrogen and oxygen atoms in total. The van der Waals surface area contributed by atoms with Crippen LogP contribution in [0.25, 0.3) is 16.6 Å². The number of nitrogens with zero attached hydrogens (tertiary/aromatic N) is 5. The van der Waals surface area contributed by atoms with E-state index in [1.54, 1.807) is 21.6 Å². The van der Waals surface area contributed by atoms with Crippen LogP contribution in [0, 0.1) is 5.92 Å². The first-order chi connectivity index (χ1) is 14.7. The fourth-order valence-electron chi connectivity index (χ4n) is 3.85. The maximum absolute atomic E-state index is 13.7. The van der Waals surface area contributed by atoms with Crippen molar-refractivity contribution in [3.8, 4) is 11.1 Å². The molecular weight excluding hydrogens is 425 g/mol. The number of hydrogen-bond donors (Lipinski definition) is 2. The molecule has 1 amide bonds. The van der Waals surface area contributed by atoms with Crippen molar-refractivity contribution in [3.05, 3.63) is 36.4 Å². The van der Waals surface area contributed by atoms with Crippen LogP contribution in [0.4, 0.5) is 10.1 Å². The quantitative estimate of drug-likeness (QED) is 0.553. The van der Waals surface area contributed by atoms with Gasteiger partial charge in [0.2, 0.25) is 10.0 Å². The molecule has 4 rings (SSSR count). The van der Waals surface area contributed by atoms with Crippen molar-refractivity contribution in [1.82, 2.24) is 23.7 Å².